The maximum absolute atomic E-state index is 10.1. The average Bonchev–Trinajstić information content (AvgIpc) is 1.59. The van der Waals surface area contributed by atoms with Crippen molar-refractivity contribution in [1.82, 2.24) is 0 Å². The molecule has 5 nitrogen and oxygen atoms in total. The zero-order valence-electron chi connectivity index (χ0n) is 5.15. The molecule has 0 saturated carbocycles. The van der Waals surface area contributed by atoms with Gasteiger partial charge in [-0.15, -0.1) is 0 Å². The topological polar surface area (TPSA) is 106 Å². The molecule has 0 unspecified atom stereocenters. The molecule has 0 rings (SSSR count). The van der Waals surface area contributed by atoms with Crippen LogP contribution in [-0.4, -0.2) is 29.6 Å². The fraction of sp³-hybridized carbons (Fsp3) is 0.667. The van der Waals surface area contributed by atoms with Gasteiger partial charge in [-0.1, -0.05) is 0 Å². The average molecular weight is 185 g/mol. The van der Waals surface area contributed by atoms with Gasteiger partial charge in [0.05, 0.1) is 5.75 Å². The van der Waals surface area contributed by atoms with E-state index in [2.05, 4.69) is 0 Å². The summed E-state index contributed by atoms with van der Waals surface area (Å²) in [6.45, 7) is 0. The van der Waals surface area contributed by atoms with Crippen molar-refractivity contribution in [2.24, 2.45) is 5.73 Å². The van der Waals surface area contributed by atoms with Gasteiger partial charge in [-0.2, -0.15) is 8.42 Å². The van der Waals surface area contributed by atoms with E-state index in [1.165, 1.54) is 0 Å². The maximum atomic E-state index is 10.1. The highest BCUT2D eigenvalue weighted by Crippen LogP contribution is 1.96. The Kier molecular flexibility index (Phi) is 3.69. The Hall–Kier alpha value is -0.270. The maximum Gasteiger partial charge on any atom is 0.299 e. The lowest BCUT2D eigenvalue weighted by atomic mass is 11.0. The van der Waals surface area contributed by atoms with Crippen LogP contribution in [0.1, 0.15) is 0 Å². The van der Waals surface area contributed by atoms with Gasteiger partial charge in [0.25, 0.3) is 15.3 Å². The highest BCUT2D eigenvalue weighted by atomic mass is 32.2. The predicted molar refractivity (Wildman–Crippen MR) is 40.0 cm³/mol. The first-order valence-electron chi connectivity index (χ1n) is 2.37. The highest BCUT2D eigenvalue weighted by Gasteiger charge is 2.05. The van der Waals surface area contributed by atoms with Crippen molar-refractivity contribution in [2.45, 2.75) is 0 Å². The minimum atomic E-state index is -3.87. The summed E-state index contributed by atoms with van der Waals surface area (Å²) >= 11 is 0.991. The third-order valence-corrected chi connectivity index (χ3v) is 2.33. The molecule has 5 N–H and O–H groups in total. The highest BCUT2D eigenvalue weighted by molar-refractivity contribution is 8.13. The Labute approximate surface area is 63.2 Å². The summed E-state index contributed by atoms with van der Waals surface area (Å²) in [5, 5.41) is 5.10. The van der Waals surface area contributed by atoms with Gasteiger partial charge in [0.1, 0.15) is 0 Å². The van der Waals surface area contributed by atoms with Crippen molar-refractivity contribution >= 4 is 27.0 Å². The van der Waals surface area contributed by atoms with Crippen LogP contribution in [0.15, 0.2) is 0 Å². The summed E-state index contributed by atoms with van der Waals surface area (Å²) in [7, 11) is -3.87. The number of thioether (sulfide) groups is 1. The number of amidine groups is 1. The van der Waals surface area contributed by atoms with Gasteiger partial charge in [-0.3, -0.25) is 15.7 Å². The van der Waals surface area contributed by atoms with E-state index in [1.54, 1.807) is 0 Å². The molecule has 0 spiro atoms. The van der Waals surface area contributed by atoms with Crippen molar-refractivity contribution in [3.63, 3.8) is 0 Å². The Bertz CT molecular complexity index is 210. The van der Waals surface area contributed by atoms with Crippen molar-refractivity contribution in [3.8, 4) is 0 Å². The summed E-state index contributed by atoms with van der Waals surface area (Å²) < 4.78 is 28.3. The lowest BCUT2D eigenvalue weighted by Gasteiger charge is -1.91. The molecule has 0 aliphatic heterocycles. The van der Waals surface area contributed by atoms with Crippen molar-refractivity contribution in [3.05, 3.63) is 0 Å². The molecule has 0 fully saturated rings. The van der Waals surface area contributed by atoms with Gasteiger partial charge in [0.2, 0.25) is 0 Å². The summed E-state index contributed by atoms with van der Waals surface area (Å²) in [5.41, 5.74) is 5.00. The summed E-state index contributed by atoms with van der Waals surface area (Å²) in [6, 6.07) is 0. The zero-order valence-corrected chi connectivity index (χ0v) is 6.78. The van der Waals surface area contributed by atoms with Crippen LogP contribution in [0.25, 0.3) is 0 Å². The Morgan fingerprint density at radius 3 is 2.50 bits per heavy atom. The first-order valence-corrected chi connectivity index (χ1v) is 4.97. The lowest BCUT2D eigenvalue weighted by Crippen LogP contribution is -2.43. The van der Waals surface area contributed by atoms with Gasteiger partial charge in [0.15, 0.2) is 0 Å². The Morgan fingerprint density at radius 2 is 2.20 bits per heavy atom. The third-order valence-electron chi connectivity index (χ3n) is 0.610. The van der Waals surface area contributed by atoms with Crippen molar-refractivity contribution in [1.29, 1.82) is 0 Å². The molecule has 10 heavy (non-hydrogen) atoms. The van der Waals surface area contributed by atoms with E-state index in [9.17, 15) is 8.42 Å². The van der Waals surface area contributed by atoms with E-state index in [1.807, 2.05) is 0 Å². The molecule has 0 aromatic carbocycles. The largest absolute Gasteiger partial charge is 0.299 e. The predicted octanol–water partition coefficient (Wildman–Crippen LogP) is -2.32. The van der Waals surface area contributed by atoms with Gasteiger partial charge < -0.3 is 0 Å². The molecule has 0 saturated heterocycles. The van der Waals surface area contributed by atoms with Crippen LogP contribution in [0.4, 0.5) is 0 Å². The van der Waals surface area contributed by atoms with Gasteiger partial charge in [-0.25, -0.2) is 0 Å². The van der Waals surface area contributed by atoms with Crippen LogP contribution >= 0.6 is 11.8 Å². The Morgan fingerprint density at radius 1 is 1.70 bits per heavy atom. The second-order valence-electron chi connectivity index (χ2n) is 1.54. The third kappa shape index (κ3) is 7.73. The molecule has 0 atom stereocenters. The molecule has 0 heterocycles. The quantitative estimate of drug-likeness (QED) is 0.260. The molecule has 0 amide bonds. The van der Waals surface area contributed by atoms with Crippen LogP contribution in [0, 0.1) is 0 Å². The summed E-state index contributed by atoms with van der Waals surface area (Å²) in [6.07, 6.45) is 0. The van der Waals surface area contributed by atoms with Crippen LogP contribution in [-0.2, 0) is 10.1 Å². The molecule has 0 aromatic heterocycles. The van der Waals surface area contributed by atoms with E-state index >= 15 is 0 Å². The number of hydrogen-bond donors (Lipinski definition) is 3. The number of hydrogen-bond acceptors (Lipinski definition) is 3. The van der Waals surface area contributed by atoms with Gasteiger partial charge in [0, 0.05) is 5.75 Å². The first-order chi connectivity index (χ1) is 4.42. The van der Waals surface area contributed by atoms with E-state index in [-0.39, 0.29) is 16.7 Å². The summed E-state index contributed by atoms with van der Waals surface area (Å²) in [4.78, 5) is 0. The second kappa shape index (κ2) is 3.79. The molecule has 0 aromatic rings. The fourth-order valence-electron chi connectivity index (χ4n) is 0.265. The van der Waals surface area contributed by atoms with Crippen LogP contribution in [0.5, 0.6) is 0 Å². The molecule has 0 aliphatic carbocycles. The number of nitrogens with two attached hydrogens (primary N) is 2. The molecular formula is C3H9N2O3S2+. The molecule has 60 valence electrons. The minimum Gasteiger partial charge on any atom is -0.286 e. The van der Waals surface area contributed by atoms with E-state index < -0.39 is 10.1 Å². The first kappa shape index (κ1) is 9.73. The smallest absolute Gasteiger partial charge is 0.286 e. The van der Waals surface area contributed by atoms with E-state index in [4.69, 9.17) is 15.7 Å². The molecule has 0 radical (unpaired) electrons. The lowest BCUT2D eigenvalue weighted by molar-refractivity contribution is -0.110. The second-order valence-corrected chi connectivity index (χ2v) is 4.28. The fourth-order valence-corrected chi connectivity index (χ4v) is 1.68. The number of rotatable bonds is 3. The van der Waals surface area contributed by atoms with Crippen LogP contribution < -0.4 is 11.1 Å². The standard InChI is InChI=1S/C3H8N2O3S2/c4-3(5)9-1-2-10(6,7)8/h1-2H2,(H3,4,5)(H,6,7,8)/p+1. The molecular weight excluding hydrogens is 176 g/mol. The van der Waals surface area contributed by atoms with Crippen molar-refractivity contribution < 1.29 is 18.4 Å². The van der Waals surface area contributed by atoms with Gasteiger partial charge >= 0.3 is 0 Å². The normalized spacial score (nSPS) is 11.3. The minimum absolute atomic E-state index is 0.101. The Balaban J connectivity index is 3.49. The zero-order chi connectivity index (χ0) is 8.20. The van der Waals surface area contributed by atoms with Crippen LogP contribution in [0.3, 0.4) is 0 Å². The molecule has 0 bridgehead atoms. The van der Waals surface area contributed by atoms with Crippen LogP contribution in [0.2, 0.25) is 0 Å². The van der Waals surface area contributed by atoms with E-state index in [0.29, 0.717) is 0 Å². The summed E-state index contributed by atoms with van der Waals surface area (Å²) in [5.74, 6) is -0.142. The SMILES string of the molecule is NC(=[NH2+])SCCS(=O)(=O)O. The van der Waals surface area contributed by atoms with Crippen molar-refractivity contribution in [2.75, 3.05) is 11.5 Å². The van der Waals surface area contributed by atoms with Gasteiger partial charge in [-0.05, 0) is 11.8 Å². The molecule has 7 heteroatoms. The monoisotopic (exact) mass is 185 g/mol. The molecule has 0 aliphatic rings. The van der Waals surface area contributed by atoms with E-state index in [0.717, 1.165) is 11.8 Å².